The second-order valence-electron chi connectivity index (χ2n) is 3.49. The fourth-order valence-electron chi connectivity index (χ4n) is 1.37. The van der Waals surface area contributed by atoms with E-state index in [1.807, 2.05) is 25.2 Å². The number of benzene rings is 1. The van der Waals surface area contributed by atoms with Crippen molar-refractivity contribution in [2.75, 3.05) is 27.2 Å². The first kappa shape index (κ1) is 12.7. The number of nitrogens with one attached hydrogen (secondary N) is 2. The zero-order valence-corrected chi connectivity index (χ0v) is 9.75. The number of likely N-dealkylation sites (N-methyl/N-ethyl adjacent to an activating group) is 1. The van der Waals surface area contributed by atoms with Crippen LogP contribution in [0, 0.1) is 0 Å². The van der Waals surface area contributed by atoms with Gasteiger partial charge in [-0.15, -0.1) is 0 Å². The van der Waals surface area contributed by atoms with Crippen LogP contribution >= 0.6 is 0 Å². The van der Waals surface area contributed by atoms with E-state index in [0.717, 1.165) is 12.1 Å². The van der Waals surface area contributed by atoms with Crippen molar-refractivity contribution in [1.29, 1.82) is 0 Å². The molecule has 0 aromatic heterocycles. The molecular formula is C12H18N2O2. The molecule has 2 N–H and O–H groups in total. The Morgan fingerprint density at radius 2 is 2.19 bits per heavy atom. The first-order valence-electron chi connectivity index (χ1n) is 5.28. The fourth-order valence-corrected chi connectivity index (χ4v) is 1.37. The lowest BCUT2D eigenvalue weighted by Crippen LogP contribution is -2.30. The van der Waals surface area contributed by atoms with E-state index in [0.29, 0.717) is 18.7 Å². The molecule has 0 saturated heterocycles. The average Bonchev–Trinajstić information content (AvgIpc) is 2.30. The number of hydrogen-bond donors (Lipinski definition) is 2. The summed E-state index contributed by atoms with van der Waals surface area (Å²) in [6, 6.07) is 7.45. The highest BCUT2D eigenvalue weighted by atomic mass is 16.5. The van der Waals surface area contributed by atoms with Gasteiger partial charge in [-0.25, -0.2) is 0 Å². The van der Waals surface area contributed by atoms with E-state index in [-0.39, 0.29) is 5.91 Å². The van der Waals surface area contributed by atoms with Crippen LogP contribution in [-0.2, 0) is 11.3 Å². The Labute approximate surface area is 96.0 Å². The van der Waals surface area contributed by atoms with Gasteiger partial charge < -0.3 is 15.4 Å². The molecule has 88 valence electrons. The minimum atomic E-state index is -0.0480. The van der Waals surface area contributed by atoms with Crippen LogP contribution in [0.4, 0.5) is 0 Å². The van der Waals surface area contributed by atoms with Gasteiger partial charge in [-0.2, -0.15) is 0 Å². The summed E-state index contributed by atoms with van der Waals surface area (Å²) < 4.78 is 5.02. The summed E-state index contributed by atoms with van der Waals surface area (Å²) in [6.45, 7) is 1.92. The minimum absolute atomic E-state index is 0.0480. The van der Waals surface area contributed by atoms with E-state index in [9.17, 15) is 4.79 Å². The first-order valence-corrected chi connectivity index (χ1v) is 5.28. The van der Waals surface area contributed by atoms with Crippen LogP contribution in [0.2, 0.25) is 0 Å². The normalized spacial score (nSPS) is 10.1. The number of hydrogen-bond acceptors (Lipinski definition) is 3. The average molecular weight is 222 g/mol. The predicted molar refractivity (Wildman–Crippen MR) is 63.4 cm³/mol. The summed E-state index contributed by atoms with van der Waals surface area (Å²) >= 11 is 0. The molecule has 1 aromatic rings. The molecule has 0 bridgehead atoms. The summed E-state index contributed by atoms with van der Waals surface area (Å²) in [5, 5.41) is 5.80. The maximum absolute atomic E-state index is 11.7. The van der Waals surface area contributed by atoms with Gasteiger partial charge in [0.25, 0.3) is 5.91 Å². The van der Waals surface area contributed by atoms with Crippen LogP contribution in [-0.4, -0.2) is 33.2 Å². The standard InChI is InChI=1S/C12H18N2O2/c1-13-6-7-14-12(15)11-5-3-4-10(8-11)9-16-2/h3-5,8,13H,6-7,9H2,1-2H3,(H,14,15). The third-order valence-corrected chi connectivity index (χ3v) is 2.16. The second-order valence-corrected chi connectivity index (χ2v) is 3.49. The number of rotatable bonds is 6. The van der Waals surface area contributed by atoms with Crippen molar-refractivity contribution < 1.29 is 9.53 Å². The van der Waals surface area contributed by atoms with Gasteiger partial charge in [-0.3, -0.25) is 4.79 Å². The monoisotopic (exact) mass is 222 g/mol. The van der Waals surface area contributed by atoms with Crippen molar-refractivity contribution in [3.05, 3.63) is 35.4 Å². The molecule has 0 radical (unpaired) electrons. The zero-order valence-electron chi connectivity index (χ0n) is 9.75. The van der Waals surface area contributed by atoms with Crippen molar-refractivity contribution in [3.8, 4) is 0 Å². The Morgan fingerprint density at radius 1 is 1.38 bits per heavy atom. The Hall–Kier alpha value is -1.39. The SMILES string of the molecule is CNCCNC(=O)c1cccc(COC)c1. The molecule has 0 spiro atoms. The van der Waals surface area contributed by atoms with Gasteiger partial charge in [0.05, 0.1) is 6.61 Å². The van der Waals surface area contributed by atoms with Gasteiger partial charge in [-0.05, 0) is 24.7 Å². The largest absolute Gasteiger partial charge is 0.380 e. The molecule has 1 amide bonds. The highest BCUT2D eigenvalue weighted by molar-refractivity contribution is 5.94. The molecule has 0 unspecified atom stereocenters. The summed E-state index contributed by atoms with van der Waals surface area (Å²) in [5.74, 6) is -0.0480. The lowest BCUT2D eigenvalue weighted by Gasteiger charge is -2.06. The second kappa shape index (κ2) is 6.98. The third kappa shape index (κ3) is 4.00. The summed E-state index contributed by atoms with van der Waals surface area (Å²) in [6.07, 6.45) is 0. The summed E-state index contributed by atoms with van der Waals surface area (Å²) in [4.78, 5) is 11.7. The molecule has 0 saturated carbocycles. The molecule has 1 aromatic carbocycles. The molecule has 1 rings (SSSR count). The molecule has 0 aliphatic carbocycles. The van der Waals surface area contributed by atoms with Gasteiger partial charge in [0, 0.05) is 25.8 Å². The lowest BCUT2D eigenvalue weighted by atomic mass is 10.1. The highest BCUT2D eigenvalue weighted by Gasteiger charge is 2.04. The quantitative estimate of drug-likeness (QED) is 0.699. The summed E-state index contributed by atoms with van der Waals surface area (Å²) in [5.41, 5.74) is 1.68. The maximum Gasteiger partial charge on any atom is 0.251 e. The molecule has 0 atom stereocenters. The van der Waals surface area contributed by atoms with E-state index in [4.69, 9.17) is 4.74 Å². The van der Waals surface area contributed by atoms with Crippen LogP contribution < -0.4 is 10.6 Å². The van der Waals surface area contributed by atoms with Gasteiger partial charge in [0.15, 0.2) is 0 Å². The van der Waals surface area contributed by atoms with E-state index < -0.39 is 0 Å². The molecule has 0 aliphatic heterocycles. The minimum Gasteiger partial charge on any atom is -0.380 e. The number of ether oxygens (including phenoxy) is 1. The van der Waals surface area contributed by atoms with Crippen LogP contribution in [0.1, 0.15) is 15.9 Å². The molecular weight excluding hydrogens is 204 g/mol. The Balaban J connectivity index is 2.57. The summed E-state index contributed by atoms with van der Waals surface area (Å²) in [7, 11) is 3.49. The number of carbonyl (C=O) groups is 1. The Bertz CT molecular complexity index is 340. The Kier molecular flexibility index (Phi) is 5.53. The van der Waals surface area contributed by atoms with Crippen molar-refractivity contribution >= 4 is 5.91 Å². The first-order chi connectivity index (χ1) is 7.77. The van der Waals surface area contributed by atoms with Gasteiger partial charge in [0.2, 0.25) is 0 Å². The molecule has 0 heterocycles. The topological polar surface area (TPSA) is 50.4 Å². The van der Waals surface area contributed by atoms with E-state index in [1.54, 1.807) is 13.2 Å². The van der Waals surface area contributed by atoms with E-state index in [2.05, 4.69) is 10.6 Å². The Morgan fingerprint density at radius 3 is 2.88 bits per heavy atom. The number of amides is 1. The maximum atomic E-state index is 11.7. The van der Waals surface area contributed by atoms with Crippen molar-refractivity contribution in [2.24, 2.45) is 0 Å². The van der Waals surface area contributed by atoms with Gasteiger partial charge in [0.1, 0.15) is 0 Å². The van der Waals surface area contributed by atoms with Crippen LogP contribution in [0.25, 0.3) is 0 Å². The zero-order chi connectivity index (χ0) is 11.8. The number of carbonyl (C=O) groups excluding carboxylic acids is 1. The van der Waals surface area contributed by atoms with Crippen molar-refractivity contribution in [2.45, 2.75) is 6.61 Å². The van der Waals surface area contributed by atoms with E-state index >= 15 is 0 Å². The van der Waals surface area contributed by atoms with Gasteiger partial charge >= 0.3 is 0 Å². The molecule has 0 fully saturated rings. The number of methoxy groups -OCH3 is 1. The van der Waals surface area contributed by atoms with Gasteiger partial charge in [-0.1, -0.05) is 12.1 Å². The predicted octanol–water partition coefficient (Wildman–Crippen LogP) is 0.782. The third-order valence-electron chi connectivity index (χ3n) is 2.16. The molecule has 16 heavy (non-hydrogen) atoms. The highest BCUT2D eigenvalue weighted by Crippen LogP contribution is 2.06. The molecule has 4 nitrogen and oxygen atoms in total. The smallest absolute Gasteiger partial charge is 0.251 e. The van der Waals surface area contributed by atoms with Crippen LogP contribution in [0.5, 0.6) is 0 Å². The van der Waals surface area contributed by atoms with Crippen molar-refractivity contribution in [3.63, 3.8) is 0 Å². The molecule has 4 heteroatoms. The van der Waals surface area contributed by atoms with Crippen LogP contribution in [0.3, 0.4) is 0 Å². The van der Waals surface area contributed by atoms with E-state index in [1.165, 1.54) is 0 Å². The fraction of sp³-hybridized carbons (Fsp3) is 0.417. The van der Waals surface area contributed by atoms with Crippen LogP contribution in [0.15, 0.2) is 24.3 Å². The lowest BCUT2D eigenvalue weighted by molar-refractivity contribution is 0.0954. The molecule has 0 aliphatic rings. The van der Waals surface area contributed by atoms with Crippen molar-refractivity contribution in [1.82, 2.24) is 10.6 Å².